The minimum Gasteiger partial charge on any atom is -0.367 e. The van der Waals surface area contributed by atoms with Gasteiger partial charge in [-0.1, -0.05) is 11.6 Å². The molecule has 1 aromatic heterocycles. The van der Waals surface area contributed by atoms with Crippen molar-refractivity contribution in [3.8, 4) is 0 Å². The number of benzene rings is 1. The van der Waals surface area contributed by atoms with Gasteiger partial charge in [-0.15, -0.1) is 24.8 Å². The van der Waals surface area contributed by atoms with E-state index >= 15 is 0 Å². The average molecular weight is 336 g/mol. The first kappa shape index (κ1) is 17.2. The lowest BCUT2D eigenvalue weighted by Crippen LogP contribution is -2.35. The maximum atomic E-state index is 5.97. The van der Waals surface area contributed by atoms with E-state index in [4.69, 9.17) is 11.6 Å². The standard InChI is InChI=1S/C13H15ClN4.2ClH/c14-9-1-2-11-12(7-9)16-8-17-13(11)18-10-3-5-15-6-4-10;;/h1-2,7-8,10,15H,3-6H2,(H,16,17,18);2*1H. The van der Waals surface area contributed by atoms with Crippen LogP contribution in [0.1, 0.15) is 12.8 Å². The highest BCUT2D eigenvalue weighted by atomic mass is 35.5. The first-order valence-corrected chi connectivity index (χ1v) is 6.58. The average Bonchev–Trinajstić information content (AvgIpc) is 2.40. The first-order chi connectivity index (χ1) is 8.83. The van der Waals surface area contributed by atoms with Gasteiger partial charge in [-0.25, -0.2) is 9.97 Å². The van der Waals surface area contributed by atoms with Gasteiger partial charge in [0.15, 0.2) is 0 Å². The summed E-state index contributed by atoms with van der Waals surface area (Å²) < 4.78 is 0. The Morgan fingerprint density at radius 1 is 1.15 bits per heavy atom. The van der Waals surface area contributed by atoms with Crippen molar-refractivity contribution >= 4 is 53.1 Å². The second-order valence-corrected chi connectivity index (χ2v) is 4.99. The number of fused-ring (bicyclic) bond motifs is 1. The molecule has 1 aliphatic rings. The van der Waals surface area contributed by atoms with E-state index < -0.39 is 0 Å². The molecule has 0 amide bonds. The highest BCUT2D eigenvalue weighted by Crippen LogP contribution is 2.23. The molecule has 0 aliphatic carbocycles. The lowest BCUT2D eigenvalue weighted by atomic mass is 10.1. The number of anilines is 1. The lowest BCUT2D eigenvalue weighted by molar-refractivity contribution is 0.478. The molecule has 2 heterocycles. The van der Waals surface area contributed by atoms with Crippen LogP contribution >= 0.6 is 36.4 Å². The third-order valence-electron chi connectivity index (χ3n) is 3.28. The third-order valence-corrected chi connectivity index (χ3v) is 3.51. The molecule has 2 aromatic rings. The van der Waals surface area contributed by atoms with Crippen molar-refractivity contribution in [1.82, 2.24) is 15.3 Å². The number of rotatable bonds is 2. The fourth-order valence-corrected chi connectivity index (χ4v) is 2.47. The zero-order chi connectivity index (χ0) is 12.4. The van der Waals surface area contributed by atoms with Gasteiger partial charge in [0.2, 0.25) is 0 Å². The molecule has 0 bridgehead atoms. The number of piperidine rings is 1. The van der Waals surface area contributed by atoms with Crippen LogP contribution in [0.4, 0.5) is 5.82 Å². The predicted molar refractivity (Wildman–Crippen MR) is 88.6 cm³/mol. The van der Waals surface area contributed by atoms with E-state index in [9.17, 15) is 0 Å². The molecular weight excluding hydrogens is 319 g/mol. The summed E-state index contributed by atoms with van der Waals surface area (Å²) in [7, 11) is 0. The normalized spacial score (nSPS) is 15.2. The molecule has 2 N–H and O–H groups in total. The molecule has 0 radical (unpaired) electrons. The summed E-state index contributed by atoms with van der Waals surface area (Å²) in [5.41, 5.74) is 0.883. The van der Waals surface area contributed by atoms with Crippen molar-refractivity contribution in [2.75, 3.05) is 18.4 Å². The summed E-state index contributed by atoms with van der Waals surface area (Å²) in [5, 5.41) is 8.60. The second-order valence-electron chi connectivity index (χ2n) is 4.55. The minimum absolute atomic E-state index is 0. The Balaban J connectivity index is 0.000001000. The lowest BCUT2D eigenvalue weighted by Gasteiger charge is -2.24. The molecule has 4 nitrogen and oxygen atoms in total. The predicted octanol–water partition coefficient (Wildman–Crippen LogP) is 3.29. The van der Waals surface area contributed by atoms with Crippen LogP contribution in [0.25, 0.3) is 10.9 Å². The zero-order valence-corrected chi connectivity index (χ0v) is 13.2. The fourth-order valence-electron chi connectivity index (χ4n) is 2.30. The van der Waals surface area contributed by atoms with E-state index in [2.05, 4.69) is 20.6 Å². The second kappa shape index (κ2) is 7.84. The Morgan fingerprint density at radius 3 is 2.65 bits per heavy atom. The van der Waals surface area contributed by atoms with Crippen LogP contribution in [-0.4, -0.2) is 29.1 Å². The Bertz CT molecular complexity index is 558. The molecule has 3 rings (SSSR count). The van der Waals surface area contributed by atoms with Crippen LogP contribution < -0.4 is 10.6 Å². The molecular formula is C13H17Cl3N4. The largest absolute Gasteiger partial charge is 0.367 e. The van der Waals surface area contributed by atoms with Gasteiger partial charge in [-0.3, -0.25) is 0 Å². The highest BCUT2D eigenvalue weighted by molar-refractivity contribution is 6.31. The number of hydrogen-bond donors (Lipinski definition) is 2. The van der Waals surface area contributed by atoms with Gasteiger partial charge in [-0.05, 0) is 44.1 Å². The maximum Gasteiger partial charge on any atom is 0.137 e. The first-order valence-electron chi connectivity index (χ1n) is 6.20. The van der Waals surface area contributed by atoms with Gasteiger partial charge in [-0.2, -0.15) is 0 Å². The third kappa shape index (κ3) is 3.85. The number of nitrogens with one attached hydrogen (secondary N) is 2. The molecule has 1 aromatic carbocycles. The number of halogens is 3. The molecule has 1 fully saturated rings. The molecule has 0 unspecified atom stereocenters. The Hall–Kier alpha value is -0.810. The van der Waals surface area contributed by atoms with Crippen LogP contribution in [0, 0.1) is 0 Å². The monoisotopic (exact) mass is 334 g/mol. The molecule has 7 heteroatoms. The van der Waals surface area contributed by atoms with Gasteiger partial charge >= 0.3 is 0 Å². The Morgan fingerprint density at radius 2 is 1.90 bits per heavy atom. The van der Waals surface area contributed by atoms with Crippen LogP contribution in [0.5, 0.6) is 0 Å². The van der Waals surface area contributed by atoms with Crippen LogP contribution in [0.2, 0.25) is 5.02 Å². The smallest absolute Gasteiger partial charge is 0.137 e. The number of nitrogens with zero attached hydrogens (tertiary/aromatic N) is 2. The highest BCUT2D eigenvalue weighted by Gasteiger charge is 2.14. The van der Waals surface area contributed by atoms with E-state index in [1.165, 1.54) is 0 Å². The molecule has 1 aliphatic heterocycles. The van der Waals surface area contributed by atoms with Crippen molar-refractivity contribution in [1.29, 1.82) is 0 Å². The molecule has 1 saturated heterocycles. The zero-order valence-electron chi connectivity index (χ0n) is 10.8. The van der Waals surface area contributed by atoms with Gasteiger partial charge in [0.1, 0.15) is 12.1 Å². The topological polar surface area (TPSA) is 49.8 Å². The van der Waals surface area contributed by atoms with E-state index in [1.54, 1.807) is 6.33 Å². The van der Waals surface area contributed by atoms with Crippen molar-refractivity contribution in [2.45, 2.75) is 18.9 Å². The van der Waals surface area contributed by atoms with Gasteiger partial charge < -0.3 is 10.6 Å². The van der Waals surface area contributed by atoms with E-state index in [0.717, 1.165) is 42.7 Å². The van der Waals surface area contributed by atoms with E-state index in [-0.39, 0.29) is 24.8 Å². The molecule has 20 heavy (non-hydrogen) atoms. The summed E-state index contributed by atoms with van der Waals surface area (Å²) >= 11 is 5.97. The SMILES string of the molecule is Cl.Cl.Clc1ccc2c(NC3CCNCC3)ncnc2c1. The van der Waals surface area contributed by atoms with Gasteiger partial charge in [0, 0.05) is 16.5 Å². The van der Waals surface area contributed by atoms with E-state index in [1.807, 2.05) is 18.2 Å². The maximum absolute atomic E-state index is 5.97. The summed E-state index contributed by atoms with van der Waals surface area (Å²) in [6.45, 7) is 2.12. The fraction of sp³-hybridized carbons (Fsp3) is 0.385. The van der Waals surface area contributed by atoms with Crippen molar-refractivity contribution < 1.29 is 0 Å². The van der Waals surface area contributed by atoms with Crippen LogP contribution in [-0.2, 0) is 0 Å². The number of aromatic nitrogens is 2. The van der Waals surface area contributed by atoms with E-state index in [0.29, 0.717) is 11.1 Å². The Labute approximate surface area is 135 Å². The molecule has 110 valence electrons. The van der Waals surface area contributed by atoms with Crippen LogP contribution in [0.15, 0.2) is 24.5 Å². The molecule has 0 saturated carbocycles. The molecule has 0 atom stereocenters. The van der Waals surface area contributed by atoms with Crippen molar-refractivity contribution in [3.63, 3.8) is 0 Å². The Kier molecular flexibility index (Phi) is 6.76. The number of hydrogen-bond acceptors (Lipinski definition) is 4. The summed E-state index contributed by atoms with van der Waals surface area (Å²) in [6.07, 6.45) is 3.83. The summed E-state index contributed by atoms with van der Waals surface area (Å²) in [4.78, 5) is 8.59. The van der Waals surface area contributed by atoms with Crippen molar-refractivity contribution in [2.24, 2.45) is 0 Å². The van der Waals surface area contributed by atoms with Crippen LogP contribution in [0.3, 0.4) is 0 Å². The summed E-state index contributed by atoms with van der Waals surface area (Å²) in [6, 6.07) is 6.20. The summed E-state index contributed by atoms with van der Waals surface area (Å²) in [5.74, 6) is 0.906. The quantitative estimate of drug-likeness (QED) is 0.884. The van der Waals surface area contributed by atoms with Gasteiger partial charge in [0.05, 0.1) is 5.52 Å². The minimum atomic E-state index is 0. The molecule has 0 spiro atoms. The van der Waals surface area contributed by atoms with Gasteiger partial charge in [0.25, 0.3) is 0 Å². The van der Waals surface area contributed by atoms with Crippen molar-refractivity contribution in [3.05, 3.63) is 29.5 Å².